The summed E-state index contributed by atoms with van der Waals surface area (Å²) in [5.41, 5.74) is 0.530. The van der Waals surface area contributed by atoms with Gasteiger partial charge in [0.05, 0.1) is 0 Å². The first-order valence-corrected chi connectivity index (χ1v) is 4.53. The van der Waals surface area contributed by atoms with Gasteiger partial charge in [-0.3, -0.25) is 9.54 Å². The van der Waals surface area contributed by atoms with Crippen molar-refractivity contribution in [3.05, 3.63) is 30.1 Å². The summed E-state index contributed by atoms with van der Waals surface area (Å²) in [5.74, 6) is -0.352. The number of hydrogen-bond donors (Lipinski definition) is 1. The van der Waals surface area contributed by atoms with Crippen LogP contribution in [0, 0.1) is 0 Å². The Morgan fingerprint density at radius 3 is 2.25 bits per heavy atom. The summed E-state index contributed by atoms with van der Waals surface area (Å²) in [6.45, 7) is 0. The molecule has 0 saturated carbocycles. The van der Waals surface area contributed by atoms with Gasteiger partial charge in [-0.2, -0.15) is 8.42 Å². The van der Waals surface area contributed by atoms with Gasteiger partial charge in [-0.1, -0.05) is 0 Å². The second kappa shape index (κ2) is 5.43. The average Bonchev–Trinajstić information content (AvgIpc) is 1.85. The molecule has 0 aliphatic heterocycles. The van der Waals surface area contributed by atoms with E-state index in [0.29, 0.717) is 5.56 Å². The van der Waals surface area contributed by atoms with Crippen LogP contribution in [0.5, 0.6) is 0 Å². The summed E-state index contributed by atoms with van der Waals surface area (Å²) < 4.78 is 29.1. The minimum atomic E-state index is -3.90. The Hall–Kier alpha value is 0.696. The normalized spacial score (nSPS) is 10.4. The van der Waals surface area contributed by atoms with Gasteiger partial charge in [0.1, 0.15) is 5.75 Å². The van der Waals surface area contributed by atoms with Gasteiger partial charge in [-0.25, -0.2) is 0 Å². The fraction of sp³-hybridized carbons (Fsp3) is 0.167. The van der Waals surface area contributed by atoms with Crippen molar-refractivity contribution in [2.75, 3.05) is 0 Å². The Labute approximate surface area is 114 Å². The molecule has 0 fully saturated rings. The van der Waals surface area contributed by atoms with Crippen LogP contribution in [0.4, 0.5) is 0 Å². The van der Waals surface area contributed by atoms with E-state index in [1.165, 1.54) is 24.5 Å². The third-order valence-electron chi connectivity index (χ3n) is 1.10. The van der Waals surface area contributed by atoms with Gasteiger partial charge < -0.3 is 0 Å². The molecule has 0 amide bonds. The Balaban J connectivity index is 0.00000121. The molecule has 0 radical (unpaired) electrons. The monoisotopic (exact) mass is 213 g/mol. The number of rotatable bonds is 2. The van der Waals surface area contributed by atoms with Crippen LogP contribution in [0.15, 0.2) is 24.5 Å². The molecule has 1 heterocycles. The Kier molecular flexibility index (Phi) is 5.75. The molecule has 0 aliphatic carbocycles. The number of nitrogens with zero attached hydrogens (tertiary/aromatic N) is 1. The Bertz CT molecular complexity index is 324. The molecule has 62 valence electrons. The first-order valence-electron chi connectivity index (χ1n) is 2.92. The maximum absolute atomic E-state index is 10.3. The van der Waals surface area contributed by atoms with Crippen LogP contribution in [0.25, 0.3) is 0 Å². The standard InChI is InChI=1S/C6H7NO3S.K.H/c8-11(9,10)5-6-1-3-7-4-2-6;;/h1-4H,5H2,(H,8,9,10);;. The number of aromatic nitrogens is 1. The van der Waals surface area contributed by atoms with Crippen molar-refractivity contribution in [3.63, 3.8) is 0 Å². The van der Waals surface area contributed by atoms with Crippen LogP contribution in [0.1, 0.15) is 5.56 Å². The molecule has 6 heteroatoms. The molecule has 4 nitrogen and oxygen atoms in total. The summed E-state index contributed by atoms with van der Waals surface area (Å²) in [6, 6.07) is 3.07. The van der Waals surface area contributed by atoms with Crippen LogP contribution in [0.2, 0.25) is 0 Å². The van der Waals surface area contributed by atoms with Gasteiger partial charge >= 0.3 is 51.4 Å². The molecule has 0 aromatic carbocycles. The second-order valence-electron chi connectivity index (χ2n) is 2.08. The summed E-state index contributed by atoms with van der Waals surface area (Å²) in [7, 11) is -3.90. The SMILES string of the molecule is O=S(=O)(O)Cc1ccncc1.[KH]. The van der Waals surface area contributed by atoms with E-state index in [9.17, 15) is 8.42 Å². The van der Waals surface area contributed by atoms with Crippen molar-refractivity contribution in [2.45, 2.75) is 5.75 Å². The molecule has 1 rings (SSSR count). The van der Waals surface area contributed by atoms with E-state index in [2.05, 4.69) is 4.98 Å². The molecular formula is C6H8KNO3S. The van der Waals surface area contributed by atoms with E-state index in [1.54, 1.807) is 0 Å². The van der Waals surface area contributed by atoms with Gasteiger partial charge in [0, 0.05) is 12.4 Å². The molecule has 1 aromatic heterocycles. The molecule has 1 N–H and O–H groups in total. The number of pyridine rings is 1. The van der Waals surface area contributed by atoms with Crippen LogP contribution < -0.4 is 0 Å². The predicted molar refractivity (Wildman–Crippen MR) is 46.6 cm³/mol. The maximum atomic E-state index is 10.3. The van der Waals surface area contributed by atoms with Gasteiger partial charge in [0.2, 0.25) is 0 Å². The molecule has 0 spiro atoms. The number of hydrogen-bond acceptors (Lipinski definition) is 3. The van der Waals surface area contributed by atoms with E-state index in [1.807, 2.05) is 0 Å². The van der Waals surface area contributed by atoms with Crippen molar-refractivity contribution in [1.29, 1.82) is 0 Å². The van der Waals surface area contributed by atoms with Gasteiger partial charge in [0.15, 0.2) is 0 Å². The van der Waals surface area contributed by atoms with Crippen LogP contribution >= 0.6 is 0 Å². The van der Waals surface area contributed by atoms with Crippen LogP contribution in [0.3, 0.4) is 0 Å². The van der Waals surface area contributed by atoms with Crippen molar-refractivity contribution < 1.29 is 13.0 Å². The van der Waals surface area contributed by atoms with Crippen molar-refractivity contribution in [2.24, 2.45) is 0 Å². The zero-order chi connectivity index (χ0) is 8.32. The molecule has 0 atom stereocenters. The quantitative estimate of drug-likeness (QED) is 0.546. The zero-order valence-electron chi connectivity index (χ0n) is 5.64. The first-order chi connectivity index (χ1) is 5.08. The predicted octanol–water partition coefficient (Wildman–Crippen LogP) is -0.179. The van der Waals surface area contributed by atoms with E-state index in [0.717, 1.165) is 0 Å². The topological polar surface area (TPSA) is 67.3 Å². The summed E-state index contributed by atoms with van der Waals surface area (Å²) in [6.07, 6.45) is 2.95. The third-order valence-corrected chi connectivity index (χ3v) is 1.80. The van der Waals surface area contributed by atoms with Crippen LogP contribution in [-0.2, 0) is 15.9 Å². The van der Waals surface area contributed by atoms with Crippen LogP contribution in [-0.4, -0.2) is 69.3 Å². The molecule has 0 unspecified atom stereocenters. The molecule has 12 heavy (non-hydrogen) atoms. The minimum absolute atomic E-state index is 0. The van der Waals surface area contributed by atoms with Crippen molar-refractivity contribution >= 4 is 61.5 Å². The Morgan fingerprint density at radius 1 is 1.33 bits per heavy atom. The van der Waals surface area contributed by atoms with E-state index < -0.39 is 10.1 Å². The average molecular weight is 213 g/mol. The van der Waals surface area contributed by atoms with Gasteiger partial charge in [0.25, 0.3) is 10.1 Å². The van der Waals surface area contributed by atoms with Gasteiger partial charge in [-0.05, 0) is 17.7 Å². The van der Waals surface area contributed by atoms with Gasteiger partial charge in [-0.15, -0.1) is 0 Å². The molecule has 0 aliphatic rings. The van der Waals surface area contributed by atoms with E-state index in [4.69, 9.17) is 4.55 Å². The summed E-state index contributed by atoms with van der Waals surface area (Å²) in [5, 5.41) is 0. The second-order valence-corrected chi connectivity index (χ2v) is 3.53. The van der Waals surface area contributed by atoms with E-state index in [-0.39, 0.29) is 57.1 Å². The molecular weight excluding hydrogens is 205 g/mol. The fourth-order valence-corrected chi connectivity index (χ4v) is 1.30. The third kappa shape index (κ3) is 5.36. The Morgan fingerprint density at radius 2 is 1.83 bits per heavy atom. The summed E-state index contributed by atoms with van der Waals surface area (Å²) >= 11 is 0. The first kappa shape index (κ1) is 12.7. The van der Waals surface area contributed by atoms with Crippen molar-refractivity contribution in [1.82, 2.24) is 4.98 Å². The zero-order valence-corrected chi connectivity index (χ0v) is 6.45. The van der Waals surface area contributed by atoms with E-state index >= 15 is 0 Å². The van der Waals surface area contributed by atoms with Crippen molar-refractivity contribution in [3.8, 4) is 0 Å². The summed E-state index contributed by atoms with van der Waals surface area (Å²) in [4.78, 5) is 3.70. The molecule has 0 bridgehead atoms. The fourth-order valence-electron chi connectivity index (χ4n) is 0.690. The molecule has 0 saturated heterocycles. The molecule has 1 aromatic rings.